The summed E-state index contributed by atoms with van der Waals surface area (Å²) in [5.74, 6) is 2.93. The van der Waals surface area contributed by atoms with Crippen molar-refractivity contribution >= 4 is 22.5 Å². The third-order valence-corrected chi connectivity index (χ3v) is 5.86. The van der Waals surface area contributed by atoms with E-state index >= 15 is 0 Å². The summed E-state index contributed by atoms with van der Waals surface area (Å²) < 4.78 is 9.10. The third-order valence-electron chi connectivity index (χ3n) is 5.86. The Bertz CT molecular complexity index is 1100. The van der Waals surface area contributed by atoms with Crippen molar-refractivity contribution < 1.29 is 9.21 Å². The normalized spacial score (nSPS) is 20.1. The highest BCUT2D eigenvalue weighted by Crippen LogP contribution is 2.24. The topological polar surface area (TPSA) is 72.8 Å². The number of carbonyl (C=O) groups is 1. The number of hydrogen-bond donors (Lipinski definition) is 0. The molecule has 3 aromatic rings. The maximum atomic E-state index is 13.0. The number of furan rings is 1. The molecule has 0 spiro atoms. The molecule has 4 heterocycles. The SMILES string of the molecule is CCc1nn(CCCC(=O)N2C[C@H](C)C[C@@H](C)C2)c(=O)c2cc3oc(C)cc3n12. The van der Waals surface area contributed by atoms with E-state index in [-0.39, 0.29) is 11.5 Å². The predicted octanol–water partition coefficient (Wildman–Crippen LogP) is 3.40. The number of amides is 1. The van der Waals surface area contributed by atoms with Crippen LogP contribution in [0.15, 0.2) is 21.3 Å². The van der Waals surface area contributed by atoms with Crippen LogP contribution in [0.4, 0.5) is 0 Å². The summed E-state index contributed by atoms with van der Waals surface area (Å²) in [7, 11) is 0. The van der Waals surface area contributed by atoms with Gasteiger partial charge in [-0.2, -0.15) is 5.10 Å². The minimum Gasteiger partial charge on any atom is -0.460 e. The van der Waals surface area contributed by atoms with Gasteiger partial charge in [-0.1, -0.05) is 20.8 Å². The van der Waals surface area contributed by atoms with Crippen LogP contribution in [0.5, 0.6) is 0 Å². The summed E-state index contributed by atoms with van der Waals surface area (Å²) in [6.45, 7) is 10.5. The summed E-state index contributed by atoms with van der Waals surface area (Å²) in [5.41, 5.74) is 2.03. The Balaban J connectivity index is 1.52. The molecule has 0 aromatic carbocycles. The van der Waals surface area contributed by atoms with Crippen molar-refractivity contribution in [1.82, 2.24) is 19.1 Å². The van der Waals surface area contributed by atoms with Crippen molar-refractivity contribution in [3.05, 3.63) is 34.1 Å². The van der Waals surface area contributed by atoms with Crippen LogP contribution < -0.4 is 5.56 Å². The summed E-state index contributed by atoms with van der Waals surface area (Å²) in [6.07, 6.45) is 2.94. The van der Waals surface area contributed by atoms with Crippen LogP contribution in [0, 0.1) is 18.8 Å². The number of nitrogens with zero attached hydrogens (tertiary/aromatic N) is 4. The van der Waals surface area contributed by atoms with Crippen LogP contribution in [-0.2, 0) is 17.8 Å². The number of aryl methyl sites for hydroxylation is 3. The van der Waals surface area contributed by atoms with Gasteiger partial charge in [0.2, 0.25) is 5.91 Å². The first-order chi connectivity index (χ1) is 13.9. The zero-order valence-electron chi connectivity index (χ0n) is 17.8. The van der Waals surface area contributed by atoms with Gasteiger partial charge < -0.3 is 9.32 Å². The van der Waals surface area contributed by atoms with E-state index in [4.69, 9.17) is 4.42 Å². The van der Waals surface area contributed by atoms with E-state index < -0.39 is 0 Å². The van der Waals surface area contributed by atoms with Crippen molar-refractivity contribution in [1.29, 1.82) is 0 Å². The molecule has 1 aliphatic heterocycles. The van der Waals surface area contributed by atoms with Gasteiger partial charge in [0.05, 0.1) is 5.52 Å². The molecule has 0 N–H and O–H groups in total. The van der Waals surface area contributed by atoms with Gasteiger partial charge in [0, 0.05) is 44.6 Å². The lowest BCUT2D eigenvalue weighted by Crippen LogP contribution is -2.42. The number of fused-ring (bicyclic) bond motifs is 3. The highest BCUT2D eigenvalue weighted by Gasteiger charge is 2.25. The Hall–Kier alpha value is -2.57. The lowest BCUT2D eigenvalue weighted by Gasteiger charge is -2.35. The summed E-state index contributed by atoms with van der Waals surface area (Å²) >= 11 is 0. The number of piperidine rings is 1. The van der Waals surface area contributed by atoms with E-state index in [1.54, 1.807) is 6.07 Å². The molecule has 1 fully saturated rings. The van der Waals surface area contributed by atoms with Gasteiger partial charge in [-0.05, 0) is 31.6 Å². The van der Waals surface area contributed by atoms with Crippen LogP contribution >= 0.6 is 0 Å². The fourth-order valence-corrected chi connectivity index (χ4v) is 4.70. The van der Waals surface area contributed by atoms with Gasteiger partial charge in [-0.3, -0.25) is 14.0 Å². The van der Waals surface area contributed by atoms with Crippen LogP contribution in [0.25, 0.3) is 16.6 Å². The number of hydrogen-bond acceptors (Lipinski definition) is 4. The molecule has 0 aliphatic carbocycles. The quantitative estimate of drug-likeness (QED) is 0.660. The van der Waals surface area contributed by atoms with Gasteiger partial charge in [0.25, 0.3) is 5.56 Å². The zero-order valence-corrected chi connectivity index (χ0v) is 17.8. The Morgan fingerprint density at radius 3 is 2.62 bits per heavy atom. The van der Waals surface area contributed by atoms with E-state index in [1.807, 2.05) is 29.2 Å². The highest BCUT2D eigenvalue weighted by atomic mass is 16.3. The van der Waals surface area contributed by atoms with Gasteiger partial charge >= 0.3 is 0 Å². The van der Waals surface area contributed by atoms with Gasteiger partial charge in [-0.15, -0.1) is 0 Å². The molecule has 29 heavy (non-hydrogen) atoms. The number of carbonyl (C=O) groups excluding carboxylic acids is 1. The second-order valence-corrected chi connectivity index (χ2v) is 8.62. The fourth-order valence-electron chi connectivity index (χ4n) is 4.70. The molecule has 0 radical (unpaired) electrons. The van der Waals surface area contributed by atoms with Gasteiger partial charge in [-0.25, -0.2) is 4.68 Å². The molecule has 7 heteroatoms. The standard InChI is InChI=1S/C22H30N4O3/c1-5-20-23-25(8-6-7-21(27)24-12-14(2)9-15(3)13-24)22(28)18-11-19-17(26(18)20)10-16(4)29-19/h10-11,14-15H,5-9,12-13H2,1-4H3/t14-,15-/m1/s1. The second kappa shape index (κ2) is 7.69. The Morgan fingerprint density at radius 2 is 1.93 bits per heavy atom. The van der Waals surface area contributed by atoms with Crippen LogP contribution in [-0.4, -0.2) is 38.1 Å². The summed E-state index contributed by atoms with van der Waals surface area (Å²) in [4.78, 5) is 27.6. The molecule has 0 unspecified atom stereocenters. The molecule has 7 nitrogen and oxygen atoms in total. The largest absolute Gasteiger partial charge is 0.460 e. The van der Waals surface area contributed by atoms with Crippen molar-refractivity contribution in [2.75, 3.05) is 13.1 Å². The number of likely N-dealkylation sites (tertiary alicyclic amines) is 1. The maximum Gasteiger partial charge on any atom is 0.291 e. The molecular formula is C22H30N4O3. The van der Waals surface area contributed by atoms with Crippen LogP contribution in [0.1, 0.15) is 51.6 Å². The average molecular weight is 399 g/mol. The molecule has 2 atom stereocenters. The Kier molecular flexibility index (Phi) is 5.23. The predicted molar refractivity (Wildman–Crippen MR) is 112 cm³/mol. The molecule has 0 bridgehead atoms. The second-order valence-electron chi connectivity index (χ2n) is 8.62. The Morgan fingerprint density at radius 1 is 1.21 bits per heavy atom. The molecule has 1 saturated heterocycles. The van der Waals surface area contributed by atoms with Crippen molar-refractivity contribution in [3.8, 4) is 0 Å². The minimum atomic E-state index is -0.140. The Labute approximate surface area is 170 Å². The van der Waals surface area contributed by atoms with Crippen molar-refractivity contribution in [3.63, 3.8) is 0 Å². The van der Waals surface area contributed by atoms with E-state index in [9.17, 15) is 9.59 Å². The molecule has 1 aliphatic rings. The van der Waals surface area contributed by atoms with Crippen LogP contribution in [0.2, 0.25) is 0 Å². The molecule has 3 aromatic heterocycles. The van der Waals surface area contributed by atoms with Gasteiger partial charge in [0.1, 0.15) is 17.1 Å². The summed E-state index contributed by atoms with van der Waals surface area (Å²) in [5, 5.41) is 4.58. The molecule has 0 saturated carbocycles. The van der Waals surface area contributed by atoms with Gasteiger partial charge in [0.15, 0.2) is 5.58 Å². The average Bonchev–Trinajstić information content (AvgIpc) is 3.19. The zero-order chi connectivity index (χ0) is 20.7. The number of rotatable bonds is 5. The molecule has 1 amide bonds. The fraction of sp³-hybridized carbons (Fsp3) is 0.591. The smallest absolute Gasteiger partial charge is 0.291 e. The van der Waals surface area contributed by atoms with Crippen LogP contribution in [0.3, 0.4) is 0 Å². The minimum absolute atomic E-state index is 0.140. The first-order valence-electron chi connectivity index (χ1n) is 10.7. The molecule has 156 valence electrons. The van der Waals surface area contributed by atoms with E-state index in [0.29, 0.717) is 48.7 Å². The highest BCUT2D eigenvalue weighted by molar-refractivity contribution is 5.83. The lowest BCUT2D eigenvalue weighted by molar-refractivity contribution is -0.134. The number of aromatic nitrogens is 3. The first-order valence-corrected chi connectivity index (χ1v) is 10.7. The monoisotopic (exact) mass is 398 g/mol. The molecular weight excluding hydrogens is 368 g/mol. The van der Waals surface area contributed by atoms with E-state index in [1.165, 1.54) is 11.1 Å². The third kappa shape index (κ3) is 3.70. The van der Waals surface area contributed by atoms with E-state index in [0.717, 1.165) is 30.2 Å². The van der Waals surface area contributed by atoms with Crippen molar-refractivity contribution in [2.24, 2.45) is 11.8 Å². The maximum absolute atomic E-state index is 13.0. The van der Waals surface area contributed by atoms with E-state index in [2.05, 4.69) is 18.9 Å². The van der Waals surface area contributed by atoms with Crippen molar-refractivity contribution in [2.45, 2.75) is 59.9 Å². The molecule has 4 rings (SSSR count). The summed E-state index contributed by atoms with van der Waals surface area (Å²) in [6, 6.07) is 3.73. The lowest BCUT2D eigenvalue weighted by atomic mass is 9.91. The first kappa shape index (κ1) is 19.7.